The second-order valence-corrected chi connectivity index (χ2v) is 6.15. The van der Waals surface area contributed by atoms with E-state index in [1.165, 1.54) is 6.07 Å². The largest absolute Gasteiger partial charge is 0.348 e. The molecule has 1 saturated heterocycles. The average Bonchev–Trinajstić information content (AvgIpc) is 2.99. The van der Waals surface area contributed by atoms with Crippen LogP contribution in [0.1, 0.15) is 28.9 Å². The summed E-state index contributed by atoms with van der Waals surface area (Å²) in [4.78, 5) is 14.3. The number of aromatic nitrogens is 2. The maximum absolute atomic E-state index is 13.3. The number of nitrogens with zero attached hydrogens (tertiary/aromatic N) is 3. The third kappa shape index (κ3) is 3.97. The summed E-state index contributed by atoms with van der Waals surface area (Å²) < 4.78 is 27.8. The first-order valence-corrected chi connectivity index (χ1v) is 7.98. The zero-order valence-corrected chi connectivity index (χ0v) is 13.5. The lowest BCUT2D eigenvalue weighted by Crippen LogP contribution is -2.44. The second-order valence-electron chi connectivity index (χ2n) is 6.15. The number of halogens is 2. The summed E-state index contributed by atoms with van der Waals surface area (Å²) in [6.07, 6.45) is 3.38. The number of carbonyl (C=O) groups is 1. The van der Waals surface area contributed by atoms with Crippen molar-refractivity contribution in [3.63, 3.8) is 0 Å². The molecule has 1 aliphatic heterocycles. The molecular weight excluding hydrogens is 314 g/mol. The Morgan fingerprint density at radius 3 is 2.62 bits per heavy atom. The van der Waals surface area contributed by atoms with E-state index in [1.807, 2.05) is 0 Å². The molecule has 2 heterocycles. The predicted octanol–water partition coefficient (Wildman–Crippen LogP) is 2.09. The Labute approximate surface area is 139 Å². The lowest BCUT2D eigenvalue weighted by molar-refractivity contribution is 0.0903. The molecule has 1 aromatic carbocycles. The topological polar surface area (TPSA) is 50.2 Å². The standard InChI is InChI=1S/C17H20F2N4O/c1-22-7-6-16(21-22)17(24)20-13-4-8-23(9-5-13)11-12-2-3-14(18)15(19)10-12/h2-3,6-7,10,13H,4-5,8-9,11H2,1H3,(H,20,24). The first-order valence-electron chi connectivity index (χ1n) is 7.98. The molecule has 0 unspecified atom stereocenters. The van der Waals surface area contributed by atoms with Crippen molar-refractivity contribution in [2.24, 2.45) is 7.05 Å². The third-order valence-electron chi connectivity index (χ3n) is 4.26. The monoisotopic (exact) mass is 334 g/mol. The highest BCUT2D eigenvalue weighted by molar-refractivity contribution is 5.92. The molecule has 1 fully saturated rings. The summed E-state index contributed by atoms with van der Waals surface area (Å²) in [5, 5.41) is 7.09. The summed E-state index contributed by atoms with van der Waals surface area (Å²) in [6.45, 7) is 2.18. The molecule has 128 valence electrons. The Bertz CT molecular complexity index is 723. The highest BCUT2D eigenvalue weighted by Crippen LogP contribution is 2.16. The highest BCUT2D eigenvalue weighted by Gasteiger charge is 2.22. The number of hydrogen-bond acceptors (Lipinski definition) is 3. The maximum Gasteiger partial charge on any atom is 0.271 e. The molecular formula is C17H20F2N4O. The van der Waals surface area contributed by atoms with Crippen molar-refractivity contribution in [2.75, 3.05) is 13.1 Å². The molecule has 1 aliphatic rings. The fraction of sp³-hybridized carbons (Fsp3) is 0.412. The van der Waals surface area contributed by atoms with Crippen LogP contribution in [0.5, 0.6) is 0 Å². The molecule has 7 heteroatoms. The summed E-state index contributed by atoms with van der Waals surface area (Å²) in [5.74, 6) is -1.80. The number of amides is 1. The van der Waals surface area contributed by atoms with Crippen LogP contribution in [0.3, 0.4) is 0 Å². The van der Waals surface area contributed by atoms with Gasteiger partial charge in [0.05, 0.1) is 0 Å². The van der Waals surface area contributed by atoms with E-state index in [9.17, 15) is 13.6 Å². The molecule has 0 saturated carbocycles. The molecule has 0 spiro atoms. The van der Waals surface area contributed by atoms with Gasteiger partial charge in [0.2, 0.25) is 0 Å². The smallest absolute Gasteiger partial charge is 0.271 e. The normalized spacial score (nSPS) is 16.3. The Kier molecular flexibility index (Phi) is 4.89. The van der Waals surface area contributed by atoms with Crippen molar-refractivity contribution in [1.82, 2.24) is 20.0 Å². The van der Waals surface area contributed by atoms with Gasteiger partial charge in [0.15, 0.2) is 11.6 Å². The summed E-state index contributed by atoms with van der Waals surface area (Å²) in [6, 6.07) is 5.80. The minimum absolute atomic E-state index is 0.112. The van der Waals surface area contributed by atoms with Gasteiger partial charge >= 0.3 is 0 Å². The molecule has 1 amide bonds. The van der Waals surface area contributed by atoms with Gasteiger partial charge in [-0.05, 0) is 36.6 Å². The molecule has 0 bridgehead atoms. The van der Waals surface area contributed by atoms with E-state index in [-0.39, 0.29) is 11.9 Å². The summed E-state index contributed by atoms with van der Waals surface area (Å²) in [7, 11) is 1.77. The van der Waals surface area contributed by atoms with Crippen LogP contribution in [0.2, 0.25) is 0 Å². The minimum Gasteiger partial charge on any atom is -0.348 e. The molecule has 5 nitrogen and oxygen atoms in total. The predicted molar refractivity (Wildman–Crippen MR) is 85.3 cm³/mol. The van der Waals surface area contributed by atoms with Crippen molar-refractivity contribution in [3.05, 3.63) is 53.4 Å². The SMILES string of the molecule is Cn1ccc(C(=O)NC2CCN(Cc3ccc(F)c(F)c3)CC2)n1. The Morgan fingerprint density at radius 2 is 2.00 bits per heavy atom. The van der Waals surface area contributed by atoms with Gasteiger partial charge in [-0.3, -0.25) is 14.4 Å². The van der Waals surface area contributed by atoms with Crippen LogP contribution in [0, 0.1) is 11.6 Å². The van der Waals surface area contributed by atoms with Crippen LogP contribution in [-0.4, -0.2) is 39.7 Å². The van der Waals surface area contributed by atoms with E-state index < -0.39 is 11.6 Å². The lowest BCUT2D eigenvalue weighted by Gasteiger charge is -2.32. The lowest BCUT2D eigenvalue weighted by atomic mass is 10.0. The number of likely N-dealkylation sites (tertiary alicyclic amines) is 1. The fourth-order valence-corrected chi connectivity index (χ4v) is 2.93. The molecule has 0 radical (unpaired) electrons. The number of piperidine rings is 1. The van der Waals surface area contributed by atoms with E-state index in [1.54, 1.807) is 30.1 Å². The van der Waals surface area contributed by atoms with E-state index in [2.05, 4.69) is 15.3 Å². The van der Waals surface area contributed by atoms with Crippen molar-refractivity contribution < 1.29 is 13.6 Å². The minimum atomic E-state index is -0.824. The quantitative estimate of drug-likeness (QED) is 0.931. The summed E-state index contributed by atoms with van der Waals surface area (Å²) in [5.41, 5.74) is 1.17. The van der Waals surface area contributed by atoms with Gasteiger partial charge in [-0.25, -0.2) is 8.78 Å². The van der Waals surface area contributed by atoms with Crippen LogP contribution in [0.15, 0.2) is 30.5 Å². The van der Waals surface area contributed by atoms with Gasteiger partial charge < -0.3 is 5.32 Å². The number of hydrogen-bond donors (Lipinski definition) is 1. The molecule has 2 aromatic rings. The van der Waals surface area contributed by atoms with Crippen molar-refractivity contribution in [1.29, 1.82) is 0 Å². The molecule has 1 N–H and O–H groups in total. The number of carbonyl (C=O) groups excluding carboxylic acids is 1. The van der Waals surface area contributed by atoms with Crippen molar-refractivity contribution >= 4 is 5.91 Å². The van der Waals surface area contributed by atoms with Crippen LogP contribution in [0.25, 0.3) is 0 Å². The van der Waals surface area contributed by atoms with Crippen molar-refractivity contribution in [2.45, 2.75) is 25.4 Å². The fourth-order valence-electron chi connectivity index (χ4n) is 2.93. The van der Waals surface area contributed by atoms with Crippen LogP contribution < -0.4 is 5.32 Å². The maximum atomic E-state index is 13.3. The Balaban J connectivity index is 1.48. The Morgan fingerprint density at radius 1 is 1.25 bits per heavy atom. The van der Waals surface area contributed by atoms with Gasteiger partial charge in [-0.1, -0.05) is 6.07 Å². The van der Waals surface area contributed by atoms with Crippen LogP contribution >= 0.6 is 0 Å². The van der Waals surface area contributed by atoms with E-state index in [0.29, 0.717) is 12.2 Å². The zero-order valence-electron chi connectivity index (χ0n) is 13.5. The second kappa shape index (κ2) is 7.09. The van der Waals surface area contributed by atoms with Crippen LogP contribution in [-0.2, 0) is 13.6 Å². The average molecular weight is 334 g/mol. The van der Waals surface area contributed by atoms with Crippen molar-refractivity contribution in [3.8, 4) is 0 Å². The molecule has 0 aliphatic carbocycles. The number of benzene rings is 1. The van der Waals surface area contributed by atoms with E-state index in [0.717, 1.165) is 37.6 Å². The van der Waals surface area contributed by atoms with Gasteiger partial charge in [0, 0.05) is 38.9 Å². The number of nitrogens with one attached hydrogen (secondary N) is 1. The third-order valence-corrected chi connectivity index (χ3v) is 4.26. The highest BCUT2D eigenvalue weighted by atomic mass is 19.2. The van der Waals surface area contributed by atoms with Crippen LogP contribution in [0.4, 0.5) is 8.78 Å². The Hall–Kier alpha value is -2.28. The number of rotatable bonds is 4. The zero-order chi connectivity index (χ0) is 17.1. The van der Waals surface area contributed by atoms with Gasteiger partial charge in [0.25, 0.3) is 5.91 Å². The van der Waals surface area contributed by atoms with E-state index >= 15 is 0 Å². The first kappa shape index (κ1) is 16.6. The molecule has 1 aromatic heterocycles. The molecule has 0 atom stereocenters. The van der Waals surface area contributed by atoms with Gasteiger partial charge in [-0.15, -0.1) is 0 Å². The molecule has 24 heavy (non-hydrogen) atoms. The van der Waals surface area contributed by atoms with Gasteiger partial charge in [0.1, 0.15) is 5.69 Å². The number of aryl methyl sites for hydroxylation is 1. The first-order chi connectivity index (χ1) is 11.5. The van der Waals surface area contributed by atoms with E-state index in [4.69, 9.17) is 0 Å². The molecule has 3 rings (SSSR count). The van der Waals surface area contributed by atoms with Gasteiger partial charge in [-0.2, -0.15) is 5.10 Å². The summed E-state index contributed by atoms with van der Waals surface area (Å²) >= 11 is 0.